The van der Waals surface area contributed by atoms with E-state index in [1.54, 1.807) is 0 Å². The minimum atomic E-state index is -0.0450. The topological polar surface area (TPSA) is 27.3 Å². The summed E-state index contributed by atoms with van der Waals surface area (Å²) in [6, 6.07) is 4.85. The van der Waals surface area contributed by atoms with Gasteiger partial charge in [-0.05, 0) is 103 Å². The maximum Gasteiger partial charge on any atom is 0.0441 e. The molecule has 3 aliphatic rings. The van der Waals surface area contributed by atoms with Gasteiger partial charge in [0.1, 0.15) is 0 Å². The molecular formula is C37H45N3. The minimum Gasteiger partial charge on any atom is -0.394 e. The molecule has 0 bridgehead atoms. The largest absolute Gasteiger partial charge is 0.394 e. The monoisotopic (exact) mass is 531 g/mol. The van der Waals surface area contributed by atoms with Crippen LogP contribution in [0.5, 0.6) is 0 Å². The third kappa shape index (κ3) is 6.25. The van der Waals surface area contributed by atoms with Gasteiger partial charge in [0.2, 0.25) is 0 Å². The molecule has 0 amide bonds. The number of nitrogens with zero attached hydrogens (tertiary/aromatic N) is 1. The molecule has 1 unspecified atom stereocenters. The molecule has 0 aliphatic heterocycles. The van der Waals surface area contributed by atoms with Crippen molar-refractivity contribution >= 4 is 17.3 Å². The number of anilines is 1. The Morgan fingerprint density at radius 3 is 2.58 bits per heavy atom. The number of hydrogen-bond donors (Lipinski definition) is 2. The van der Waals surface area contributed by atoms with Crippen LogP contribution in [0.3, 0.4) is 0 Å². The van der Waals surface area contributed by atoms with Gasteiger partial charge in [-0.25, -0.2) is 0 Å². The molecule has 40 heavy (non-hydrogen) atoms. The van der Waals surface area contributed by atoms with Crippen LogP contribution in [0.25, 0.3) is 11.6 Å². The summed E-state index contributed by atoms with van der Waals surface area (Å²) in [5.41, 5.74) is 14.0. The van der Waals surface area contributed by atoms with E-state index in [-0.39, 0.29) is 11.3 Å². The average Bonchev–Trinajstić information content (AvgIpc) is 3.32. The standard InChI is InChI=1S/C37H45N3/c1-25-12-10-14-34-32(21-25)33-24-36(40(8)9)31(23-35(33)37(34,5)6)22-30(29-17-15-26(2)20-29)18-16-28(4)39-27(3)13-11-19-38-7/h10-20,22-24,29,38-39H,4,21H2,1-3,5-9H3/b18-16-,19-11-,27-13+,30-22+. The molecule has 3 aliphatic carbocycles. The van der Waals surface area contributed by atoms with Crippen molar-refractivity contribution in [2.75, 3.05) is 26.0 Å². The summed E-state index contributed by atoms with van der Waals surface area (Å²) >= 11 is 0. The second-order valence-corrected chi connectivity index (χ2v) is 11.8. The molecule has 3 heteroatoms. The molecule has 1 atom stereocenters. The molecule has 4 rings (SSSR count). The second-order valence-electron chi connectivity index (χ2n) is 11.8. The van der Waals surface area contributed by atoms with Crippen LogP contribution in [0, 0.1) is 5.92 Å². The van der Waals surface area contributed by atoms with Gasteiger partial charge in [-0.3, -0.25) is 0 Å². The highest BCUT2D eigenvalue weighted by Gasteiger charge is 2.37. The van der Waals surface area contributed by atoms with E-state index in [1.165, 1.54) is 50.2 Å². The number of rotatable bonds is 9. The predicted molar refractivity (Wildman–Crippen MR) is 176 cm³/mol. The predicted octanol–water partition coefficient (Wildman–Crippen LogP) is 8.52. The molecule has 0 fully saturated rings. The lowest BCUT2D eigenvalue weighted by Crippen LogP contribution is -2.17. The first-order chi connectivity index (χ1) is 19.0. The summed E-state index contributed by atoms with van der Waals surface area (Å²) in [4.78, 5) is 2.24. The van der Waals surface area contributed by atoms with Crippen LogP contribution in [0.15, 0.2) is 119 Å². The lowest BCUT2D eigenvalue weighted by atomic mass is 9.80. The Bertz CT molecular complexity index is 1460. The van der Waals surface area contributed by atoms with Crippen LogP contribution in [-0.2, 0) is 5.41 Å². The Kier molecular flexibility index (Phi) is 8.73. The van der Waals surface area contributed by atoms with E-state index < -0.39 is 0 Å². The zero-order valence-corrected chi connectivity index (χ0v) is 25.5. The molecule has 2 N–H and O–H groups in total. The first-order valence-corrected chi connectivity index (χ1v) is 14.2. The Labute approximate surface area is 242 Å². The number of fused-ring (bicyclic) bond motifs is 2. The van der Waals surface area contributed by atoms with Gasteiger partial charge >= 0.3 is 0 Å². The average molecular weight is 532 g/mol. The zero-order chi connectivity index (χ0) is 29.0. The smallest absolute Gasteiger partial charge is 0.0441 e. The Morgan fingerprint density at radius 1 is 1.12 bits per heavy atom. The van der Waals surface area contributed by atoms with Crippen molar-refractivity contribution in [3.05, 3.63) is 136 Å². The van der Waals surface area contributed by atoms with Crippen molar-refractivity contribution < 1.29 is 0 Å². The molecule has 0 saturated heterocycles. The number of nitrogens with one attached hydrogen (secondary N) is 2. The van der Waals surface area contributed by atoms with Crippen LogP contribution >= 0.6 is 0 Å². The summed E-state index contributed by atoms with van der Waals surface area (Å²) in [5.74, 6) is 0.223. The third-order valence-corrected chi connectivity index (χ3v) is 7.90. The highest BCUT2D eigenvalue weighted by atomic mass is 15.1. The van der Waals surface area contributed by atoms with E-state index in [2.05, 4.69) is 131 Å². The number of benzene rings is 1. The van der Waals surface area contributed by atoms with E-state index in [0.717, 1.165) is 17.8 Å². The highest BCUT2D eigenvalue weighted by Crippen LogP contribution is 2.51. The molecule has 0 aromatic heterocycles. The molecule has 1 aromatic rings. The SMILES string of the molecule is C=C(/C=C\C(=C/c1cc2c(cc1N(C)C)C1=C(C=CC=C(C)C1)C2(C)C)C1C=CC(C)=C1)N/C(C)=C/C=C\NC. The molecule has 1 aromatic carbocycles. The Hall–Kier alpha value is -3.98. The van der Waals surface area contributed by atoms with Crippen molar-refractivity contribution in [3.63, 3.8) is 0 Å². The fraction of sp³-hybridized carbons (Fsp3) is 0.297. The molecule has 208 valence electrons. The van der Waals surface area contributed by atoms with E-state index in [1.807, 2.05) is 32.3 Å². The van der Waals surface area contributed by atoms with E-state index in [0.29, 0.717) is 0 Å². The lowest BCUT2D eigenvalue weighted by Gasteiger charge is -2.25. The van der Waals surface area contributed by atoms with Crippen LogP contribution in [0.1, 0.15) is 57.7 Å². The van der Waals surface area contributed by atoms with Crippen molar-refractivity contribution in [1.82, 2.24) is 10.6 Å². The first-order valence-electron chi connectivity index (χ1n) is 14.2. The maximum atomic E-state index is 4.25. The number of allylic oxidation sites excluding steroid dienone is 16. The van der Waals surface area contributed by atoms with E-state index in [4.69, 9.17) is 0 Å². The Morgan fingerprint density at radius 2 is 1.90 bits per heavy atom. The van der Waals surface area contributed by atoms with Gasteiger partial charge in [-0.1, -0.05) is 74.1 Å². The maximum absolute atomic E-state index is 4.25. The summed E-state index contributed by atoms with van der Waals surface area (Å²) in [5, 5.41) is 6.39. The quantitative estimate of drug-likeness (QED) is 0.313. The van der Waals surface area contributed by atoms with Crippen LogP contribution in [-0.4, -0.2) is 21.1 Å². The van der Waals surface area contributed by atoms with Crippen LogP contribution in [0.4, 0.5) is 5.69 Å². The van der Waals surface area contributed by atoms with Gasteiger partial charge in [-0.2, -0.15) is 0 Å². The fourth-order valence-corrected chi connectivity index (χ4v) is 5.80. The summed E-state index contributed by atoms with van der Waals surface area (Å²) < 4.78 is 0. The van der Waals surface area contributed by atoms with Gasteiger partial charge in [0, 0.05) is 49.6 Å². The van der Waals surface area contributed by atoms with Crippen molar-refractivity contribution in [3.8, 4) is 0 Å². The van der Waals surface area contributed by atoms with E-state index >= 15 is 0 Å². The summed E-state index contributed by atoms with van der Waals surface area (Å²) in [7, 11) is 6.18. The highest BCUT2D eigenvalue weighted by molar-refractivity contribution is 5.88. The van der Waals surface area contributed by atoms with E-state index in [9.17, 15) is 0 Å². The summed E-state index contributed by atoms with van der Waals surface area (Å²) in [6.45, 7) is 15.4. The normalized spacial score (nSPS) is 20.1. The molecule has 0 radical (unpaired) electrons. The lowest BCUT2D eigenvalue weighted by molar-refractivity contribution is 0.653. The van der Waals surface area contributed by atoms with Crippen molar-refractivity contribution in [2.45, 2.75) is 46.5 Å². The second kappa shape index (κ2) is 12.0. The minimum absolute atomic E-state index is 0.0450. The van der Waals surface area contributed by atoms with Crippen LogP contribution < -0.4 is 15.5 Å². The molecular weight excluding hydrogens is 486 g/mol. The van der Waals surface area contributed by atoms with Crippen molar-refractivity contribution in [2.24, 2.45) is 5.92 Å². The fourth-order valence-electron chi connectivity index (χ4n) is 5.80. The van der Waals surface area contributed by atoms with Crippen molar-refractivity contribution in [1.29, 1.82) is 0 Å². The van der Waals surface area contributed by atoms with Gasteiger partial charge in [0.15, 0.2) is 0 Å². The number of hydrogen-bond acceptors (Lipinski definition) is 3. The molecule has 0 saturated carbocycles. The van der Waals surface area contributed by atoms with Gasteiger partial charge in [-0.15, -0.1) is 0 Å². The molecule has 0 spiro atoms. The Balaban J connectivity index is 1.76. The van der Waals surface area contributed by atoms with Crippen LogP contribution in [0.2, 0.25) is 0 Å². The third-order valence-electron chi connectivity index (χ3n) is 7.90. The summed E-state index contributed by atoms with van der Waals surface area (Å²) in [6.07, 6.45) is 27.2. The zero-order valence-electron chi connectivity index (χ0n) is 25.5. The molecule has 0 heterocycles. The first kappa shape index (κ1) is 29.0. The van der Waals surface area contributed by atoms with Gasteiger partial charge in [0.05, 0.1) is 0 Å². The molecule has 3 nitrogen and oxygen atoms in total. The van der Waals surface area contributed by atoms with Gasteiger partial charge in [0.25, 0.3) is 0 Å². The van der Waals surface area contributed by atoms with Gasteiger partial charge < -0.3 is 15.5 Å².